The molecule has 1 aromatic heterocycles. The molecule has 6 heteroatoms. The van der Waals surface area contributed by atoms with Crippen LogP contribution in [0, 0.1) is 6.92 Å². The van der Waals surface area contributed by atoms with Crippen molar-refractivity contribution in [2.75, 3.05) is 19.8 Å². The number of esters is 1. The van der Waals surface area contributed by atoms with Crippen LogP contribution < -0.4 is 10.1 Å². The Morgan fingerprint density at radius 3 is 2.65 bits per heavy atom. The summed E-state index contributed by atoms with van der Waals surface area (Å²) < 4.78 is 12.9. The zero-order chi connectivity index (χ0) is 19.5. The number of carbonyl (C=O) groups excluding carboxylic acids is 1. The molecule has 0 spiro atoms. The lowest BCUT2D eigenvalue weighted by atomic mass is 10.1. The van der Waals surface area contributed by atoms with E-state index in [1.54, 1.807) is 6.92 Å². The van der Waals surface area contributed by atoms with Crippen molar-refractivity contribution < 1.29 is 19.4 Å². The lowest BCUT2D eigenvalue weighted by molar-refractivity contribution is 0.0527. The van der Waals surface area contributed by atoms with Gasteiger partial charge in [0, 0.05) is 35.7 Å². The van der Waals surface area contributed by atoms with Crippen LogP contribution in [-0.4, -0.2) is 47.0 Å². The van der Waals surface area contributed by atoms with Gasteiger partial charge in [-0.2, -0.15) is 0 Å². The first kappa shape index (κ1) is 20.3. The first-order valence-electron chi connectivity index (χ1n) is 8.96. The van der Waals surface area contributed by atoms with Crippen LogP contribution in [0.4, 0.5) is 0 Å². The molecule has 0 saturated carbocycles. The third kappa shape index (κ3) is 4.77. The highest BCUT2D eigenvalue weighted by atomic mass is 16.5. The second kappa shape index (κ2) is 8.10. The highest BCUT2D eigenvalue weighted by molar-refractivity contribution is 6.06. The van der Waals surface area contributed by atoms with Gasteiger partial charge >= 0.3 is 5.97 Å². The number of hydrogen-bond donors (Lipinski definition) is 2. The molecule has 6 nitrogen and oxygen atoms in total. The third-order valence-electron chi connectivity index (χ3n) is 4.25. The molecule has 0 saturated heterocycles. The number of fused-ring (bicyclic) bond motifs is 1. The van der Waals surface area contributed by atoms with E-state index in [4.69, 9.17) is 9.47 Å². The Morgan fingerprint density at radius 1 is 1.35 bits per heavy atom. The van der Waals surface area contributed by atoms with Gasteiger partial charge in [-0.3, -0.25) is 0 Å². The molecule has 2 rings (SSSR count). The van der Waals surface area contributed by atoms with Crippen LogP contribution >= 0.6 is 0 Å². The Bertz CT molecular complexity index is 774. The minimum atomic E-state index is -0.619. The number of benzene rings is 1. The molecule has 0 aliphatic carbocycles. The molecule has 0 aliphatic rings. The van der Waals surface area contributed by atoms with Crippen LogP contribution in [-0.2, 0) is 11.8 Å². The monoisotopic (exact) mass is 362 g/mol. The summed E-state index contributed by atoms with van der Waals surface area (Å²) in [4.78, 5) is 12.3. The van der Waals surface area contributed by atoms with E-state index in [1.807, 2.05) is 57.5 Å². The Kier molecular flexibility index (Phi) is 6.31. The summed E-state index contributed by atoms with van der Waals surface area (Å²) in [5.74, 6) is 0.283. The van der Waals surface area contributed by atoms with Crippen molar-refractivity contribution in [1.82, 2.24) is 9.88 Å². The lowest BCUT2D eigenvalue weighted by Gasteiger charge is -2.23. The molecule has 0 fully saturated rings. The van der Waals surface area contributed by atoms with Crippen molar-refractivity contribution in [1.29, 1.82) is 0 Å². The topological polar surface area (TPSA) is 72.7 Å². The van der Waals surface area contributed by atoms with Crippen LogP contribution in [0.1, 0.15) is 43.7 Å². The molecule has 144 valence electrons. The van der Waals surface area contributed by atoms with Crippen molar-refractivity contribution in [2.24, 2.45) is 7.05 Å². The molecule has 2 N–H and O–H groups in total. The molecule has 2 aromatic rings. The number of β-amino-alcohol motifs (C(OH)–C–C–N with tert-alkyl or cyclic N) is 1. The van der Waals surface area contributed by atoms with Gasteiger partial charge < -0.3 is 24.5 Å². The second-order valence-electron chi connectivity index (χ2n) is 7.51. The van der Waals surface area contributed by atoms with Crippen molar-refractivity contribution >= 4 is 16.9 Å². The smallest absolute Gasteiger partial charge is 0.340 e. The molecule has 0 radical (unpaired) electrons. The maximum atomic E-state index is 12.3. The number of aliphatic hydroxyl groups is 1. The summed E-state index contributed by atoms with van der Waals surface area (Å²) in [5, 5.41) is 14.1. The van der Waals surface area contributed by atoms with Gasteiger partial charge in [-0.15, -0.1) is 0 Å². The molecule has 0 amide bonds. The first-order chi connectivity index (χ1) is 12.1. The zero-order valence-corrected chi connectivity index (χ0v) is 16.5. The standard InChI is InChI=1S/C20H30N2O4/c1-7-25-19(24)18-13(2)22(6)17-9-8-15(10-16(17)18)26-12-14(23)11-21-20(3,4)5/h8-10,14,21,23H,7,11-12H2,1-6H3. The summed E-state index contributed by atoms with van der Waals surface area (Å²) >= 11 is 0. The van der Waals surface area contributed by atoms with E-state index in [0.29, 0.717) is 24.5 Å². The third-order valence-corrected chi connectivity index (χ3v) is 4.25. The summed E-state index contributed by atoms with van der Waals surface area (Å²) in [6.45, 7) is 10.8. The average Bonchev–Trinajstić information content (AvgIpc) is 2.81. The van der Waals surface area contributed by atoms with Crippen LogP contribution in [0.3, 0.4) is 0 Å². The normalized spacial score (nSPS) is 13.0. The Balaban J connectivity index is 2.17. The Labute approximate surface area is 155 Å². The van der Waals surface area contributed by atoms with E-state index in [2.05, 4.69) is 5.32 Å². The number of aliphatic hydroxyl groups excluding tert-OH is 1. The number of hydrogen-bond acceptors (Lipinski definition) is 5. The highest BCUT2D eigenvalue weighted by Gasteiger charge is 2.20. The number of carbonyl (C=O) groups is 1. The lowest BCUT2D eigenvalue weighted by Crippen LogP contribution is -2.42. The zero-order valence-electron chi connectivity index (χ0n) is 16.5. The maximum absolute atomic E-state index is 12.3. The van der Waals surface area contributed by atoms with Gasteiger partial charge in [-0.1, -0.05) is 0 Å². The summed E-state index contributed by atoms with van der Waals surface area (Å²) in [5.41, 5.74) is 2.29. The number of nitrogens with one attached hydrogen (secondary N) is 1. The number of aryl methyl sites for hydroxylation is 1. The van der Waals surface area contributed by atoms with E-state index < -0.39 is 6.10 Å². The van der Waals surface area contributed by atoms with Crippen LogP contribution in [0.15, 0.2) is 18.2 Å². The molecular weight excluding hydrogens is 332 g/mol. The molecule has 1 unspecified atom stereocenters. The molecule has 26 heavy (non-hydrogen) atoms. The van der Waals surface area contributed by atoms with Crippen molar-refractivity contribution in [3.63, 3.8) is 0 Å². The highest BCUT2D eigenvalue weighted by Crippen LogP contribution is 2.29. The van der Waals surface area contributed by atoms with Gasteiger partial charge in [0.15, 0.2) is 0 Å². The minimum Gasteiger partial charge on any atom is -0.491 e. The average molecular weight is 362 g/mol. The molecule has 0 aliphatic heterocycles. The quantitative estimate of drug-likeness (QED) is 0.741. The number of aromatic nitrogens is 1. The molecular formula is C20H30N2O4. The minimum absolute atomic E-state index is 0.0595. The molecule has 1 aromatic carbocycles. The molecule has 1 atom stereocenters. The fourth-order valence-corrected chi connectivity index (χ4v) is 2.78. The van der Waals surface area contributed by atoms with Gasteiger partial charge in [0.05, 0.1) is 12.2 Å². The van der Waals surface area contributed by atoms with Crippen molar-refractivity contribution in [3.8, 4) is 5.75 Å². The Morgan fingerprint density at radius 2 is 2.04 bits per heavy atom. The van der Waals surface area contributed by atoms with E-state index in [9.17, 15) is 9.90 Å². The van der Waals surface area contributed by atoms with E-state index >= 15 is 0 Å². The number of ether oxygens (including phenoxy) is 2. The van der Waals surface area contributed by atoms with Crippen LogP contribution in [0.2, 0.25) is 0 Å². The van der Waals surface area contributed by atoms with Crippen LogP contribution in [0.5, 0.6) is 5.75 Å². The van der Waals surface area contributed by atoms with E-state index in [1.165, 1.54) is 0 Å². The van der Waals surface area contributed by atoms with Gasteiger partial charge in [-0.25, -0.2) is 4.79 Å². The first-order valence-corrected chi connectivity index (χ1v) is 8.96. The van der Waals surface area contributed by atoms with E-state index in [0.717, 1.165) is 16.6 Å². The predicted molar refractivity (Wildman–Crippen MR) is 103 cm³/mol. The fourth-order valence-electron chi connectivity index (χ4n) is 2.78. The molecule has 0 bridgehead atoms. The second-order valence-corrected chi connectivity index (χ2v) is 7.51. The van der Waals surface area contributed by atoms with Crippen LogP contribution in [0.25, 0.3) is 10.9 Å². The fraction of sp³-hybridized carbons (Fsp3) is 0.550. The summed E-state index contributed by atoms with van der Waals surface area (Å²) in [7, 11) is 1.92. The SMILES string of the molecule is CCOC(=O)c1c(C)n(C)c2ccc(OCC(O)CNC(C)(C)C)cc12. The van der Waals surface area contributed by atoms with Gasteiger partial charge in [-0.05, 0) is 52.8 Å². The molecule has 1 heterocycles. The summed E-state index contributed by atoms with van der Waals surface area (Å²) in [6, 6.07) is 5.60. The van der Waals surface area contributed by atoms with E-state index in [-0.39, 0.29) is 18.1 Å². The number of rotatable bonds is 7. The largest absolute Gasteiger partial charge is 0.491 e. The Hall–Kier alpha value is -2.05. The van der Waals surface area contributed by atoms with Gasteiger partial charge in [0.2, 0.25) is 0 Å². The maximum Gasteiger partial charge on any atom is 0.340 e. The van der Waals surface area contributed by atoms with Gasteiger partial charge in [0.1, 0.15) is 18.5 Å². The van der Waals surface area contributed by atoms with Crippen molar-refractivity contribution in [2.45, 2.75) is 46.3 Å². The van der Waals surface area contributed by atoms with Gasteiger partial charge in [0.25, 0.3) is 0 Å². The number of nitrogens with zero attached hydrogens (tertiary/aromatic N) is 1. The summed E-state index contributed by atoms with van der Waals surface area (Å²) in [6.07, 6.45) is -0.619. The predicted octanol–water partition coefficient (Wildman–Crippen LogP) is 2.79. The van der Waals surface area contributed by atoms with Crippen molar-refractivity contribution in [3.05, 3.63) is 29.5 Å².